The van der Waals surface area contributed by atoms with Gasteiger partial charge >= 0.3 is 5.97 Å². The summed E-state index contributed by atoms with van der Waals surface area (Å²) in [5.74, 6) is -0.783. The lowest BCUT2D eigenvalue weighted by Gasteiger charge is -2.13. The number of carbonyl (C=O) groups excluding carboxylic acids is 2. The van der Waals surface area contributed by atoms with E-state index in [9.17, 15) is 19.8 Å². The van der Waals surface area contributed by atoms with Crippen LogP contribution in [0.15, 0.2) is 60.7 Å². The molecule has 0 aliphatic carbocycles. The Morgan fingerprint density at radius 2 is 1.85 bits per heavy atom. The average Bonchev–Trinajstić information content (AvgIpc) is 2.65. The van der Waals surface area contributed by atoms with Crippen LogP contribution < -0.4 is 4.74 Å². The number of hydrogen-bond acceptors (Lipinski definition) is 6. The van der Waals surface area contributed by atoms with Crippen LogP contribution in [0.4, 0.5) is 0 Å². The van der Waals surface area contributed by atoms with E-state index < -0.39 is 12.1 Å². The molecule has 2 aromatic carbocycles. The van der Waals surface area contributed by atoms with Crippen LogP contribution in [0.25, 0.3) is 0 Å². The molecule has 6 nitrogen and oxygen atoms in total. The Balaban J connectivity index is 1.93. The Morgan fingerprint density at radius 3 is 2.50 bits per heavy atom. The number of aromatic hydroxyl groups is 1. The van der Waals surface area contributed by atoms with Crippen molar-refractivity contribution in [3.05, 3.63) is 71.8 Å². The lowest BCUT2D eigenvalue weighted by Crippen LogP contribution is -2.24. The quantitative estimate of drug-likeness (QED) is 0.429. The van der Waals surface area contributed by atoms with Crippen molar-refractivity contribution in [3.8, 4) is 11.5 Å². The summed E-state index contributed by atoms with van der Waals surface area (Å²) in [6.45, 7) is 1.34. The number of rotatable bonds is 8. The fraction of sp³-hybridized carbons (Fsp3) is 0.200. The molecule has 1 atom stereocenters. The molecule has 0 bridgehead atoms. The molecule has 0 spiro atoms. The minimum atomic E-state index is -1.02. The second kappa shape index (κ2) is 9.39. The molecule has 2 rings (SSSR count). The van der Waals surface area contributed by atoms with Crippen LogP contribution in [0, 0.1) is 0 Å². The Kier molecular flexibility index (Phi) is 6.93. The van der Waals surface area contributed by atoms with Gasteiger partial charge in [0.15, 0.2) is 5.78 Å². The monoisotopic (exact) mass is 356 g/mol. The van der Waals surface area contributed by atoms with E-state index in [2.05, 4.69) is 0 Å². The molecule has 0 saturated carbocycles. The van der Waals surface area contributed by atoms with Gasteiger partial charge in [0.2, 0.25) is 0 Å². The minimum Gasteiger partial charge on any atom is -0.507 e. The van der Waals surface area contributed by atoms with Gasteiger partial charge in [-0.05, 0) is 19.1 Å². The highest BCUT2D eigenvalue weighted by Crippen LogP contribution is 2.26. The van der Waals surface area contributed by atoms with Gasteiger partial charge in [-0.1, -0.05) is 36.4 Å². The van der Waals surface area contributed by atoms with Crippen LogP contribution in [0.3, 0.4) is 0 Å². The molecule has 0 aliphatic heterocycles. The second-order valence-corrected chi connectivity index (χ2v) is 5.47. The predicted octanol–water partition coefficient (Wildman–Crippen LogP) is 2.48. The maximum atomic E-state index is 12.4. The second-order valence-electron chi connectivity index (χ2n) is 5.47. The SMILES string of the molecule is C/C=C/C(=O)OCC(O)COc1ccc(C(=O)c2ccccc2)c(O)c1. The first-order chi connectivity index (χ1) is 12.5. The fourth-order valence-electron chi connectivity index (χ4n) is 2.14. The van der Waals surface area contributed by atoms with Crippen LogP contribution in [-0.4, -0.2) is 41.3 Å². The Morgan fingerprint density at radius 1 is 1.12 bits per heavy atom. The van der Waals surface area contributed by atoms with Gasteiger partial charge in [0.1, 0.15) is 30.8 Å². The number of aliphatic hydroxyl groups excluding tert-OH is 1. The molecule has 0 amide bonds. The molecule has 1 unspecified atom stereocenters. The van der Waals surface area contributed by atoms with E-state index >= 15 is 0 Å². The van der Waals surface area contributed by atoms with Gasteiger partial charge in [-0.15, -0.1) is 0 Å². The first-order valence-corrected chi connectivity index (χ1v) is 8.04. The molecule has 0 radical (unpaired) electrons. The van der Waals surface area contributed by atoms with Crippen LogP contribution in [0.1, 0.15) is 22.8 Å². The average molecular weight is 356 g/mol. The maximum Gasteiger partial charge on any atom is 0.330 e. The van der Waals surface area contributed by atoms with E-state index in [0.29, 0.717) is 5.56 Å². The summed E-state index contributed by atoms with van der Waals surface area (Å²) < 4.78 is 10.2. The molecule has 2 aromatic rings. The zero-order valence-electron chi connectivity index (χ0n) is 14.3. The van der Waals surface area contributed by atoms with Crippen LogP contribution in [0.2, 0.25) is 0 Å². The fourth-order valence-corrected chi connectivity index (χ4v) is 2.14. The maximum absolute atomic E-state index is 12.4. The summed E-state index contributed by atoms with van der Waals surface area (Å²) in [5.41, 5.74) is 0.624. The summed E-state index contributed by atoms with van der Waals surface area (Å²) >= 11 is 0. The lowest BCUT2D eigenvalue weighted by atomic mass is 10.0. The Labute approximate surface area is 151 Å². The molecule has 0 heterocycles. The van der Waals surface area contributed by atoms with Gasteiger partial charge < -0.3 is 19.7 Å². The van der Waals surface area contributed by atoms with Crippen LogP contribution in [-0.2, 0) is 9.53 Å². The number of carbonyl (C=O) groups is 2. The third-order valence-electron chi connectivity index (χ3n) is 3.41. The zero-order valence-corrected chi connectivity index (χ0v) is 14.3. The number of hydrogen-bond donors (Lipinski definition) is 2. The van der Waals surface area contributed by atoms with E-state index in [1.54, 1.807) is 37.3 Å². The number of ketones is 1. The summed E-state index contributed by atoms with van der Waals surface area (Å²) in [6.07, 6.45) is 1.76. The van der Waals surface area contributed by atoms with Crippen molar-refractivity contribution >= 4 is 11.8 Å². The van der Waals surface area contributed by atoms with Crippen LogP contribution in [0.5, 0.6) is 11.5 Å². The van der Waals surface area contributed by atoms with E-state index in [1.807, 2.05) is 0 Å². The molecule has 0 aromatic heterocycles. The number of esters is 1. The van der Waals surface area contributed by atoms with Gasteiger partial charge in [0.25, 0.3) is 0 Å². The summed E-state index contributed by atoms with van der Waals surface area (Å²) in [6, 6.07) is 12.9. The smallest absolute Gasteiger partial charge is 0.330 e. The molecule has 0 saturated heterocycles. The van der Waals surface area contributed by atoms with E-state index in [1.165, 1.54) is 30.4 Å². The summed E-state index contributed by atoms with van der Waals surface area (Å²) in [7, 11) is 0. The highest BCUT2D eigenvalue weighted by Gasteiger charge is 2.15. The Hall–Kier alpha value is -3.12. The number of allylic oxidation sites excluding steroid dienone is 1. The van der Waals surface area contributed by atoms with Gasteiger partial charge in [0, 0.05) is 17.7 Å². The normalized spacial score (nSPS) is 11.9. The van der Waals surface area contributed by atoms with Gasteiger partial charge in [-0.3, -0.25) is 4.79 Å². The first kappa shape index (κ1) is 19.2. The largest absolute Gasteiger partial charge is 0.507 e. The van der Waals surface area contributed by atoms with Crippen molar-refractivity contribution < 1.29 is 29.3 Å². The van der Waals surface area contributed by atoms with Gasteiger partial charge in [0.05, 0.1) is 5.56 Å². The predicted molar refractivity (Wildman–Crippen MR) is 95.3 cm³/mol. The number of phenols is 1. The van der Waals surface area contributed by atoms with Gasteiger partial charge in [-0.25, -0.2) is 4.79 Å². The summed E-state index contributed by atoms with van der Waals surface area (Å²) in [4.78, 5) is 23.5. The Bertz CT molecular complexity index is 782. The molecule has 0 fully saturated rings. The lowest BCUT2D eigenvalue weighted by molar-refractivity contribution is -0.141. The van der Waals surface area contributed by atoms with Crippen molar-refractivity contribution in [2.45, 2.75) is 13.0 Å². The van der Waals surface area contributed by atoms with E-state index in [0.717, 1.165) is 0 Å². The van der Waals surface area contributed by atoms with Crippen molar-refractivity contribution in [2.24, 2.45) is 0 Å². The molecule has 6 heteroatoms. The first-order valence-electron chi connectivity index (χ1n) is 8.04. The molecule has 0 aliphatic rings. The third kappa shape index (κ3) is 5.46. The van der Waals surface area contributed by atoms with Crippen molar-refractivity contribution in [3.63, 3.8) is 0 Å². The van der Waals surface area contributed by atoms with Crippen molar-refractivity contribution in [1.82, 2.24) is 0 Å². The number of ether oxygens (including phenoxy) is 2. The van der Waals surface area contributed by atoms with Crippen LogP contribution >= 0.6 is 0 Å². The highest BCUT2D eigenvalue weighted by molar-refractivity contribution is 6.10. The third-order valence-corrected chi connectivity index (χ3v) is 3.41. The molecular weight excluding hydrogens is 336 g/mol. The van der Waals surface area contributed by atoms with Crippen molar-refractivity contribution in [1.29, 1.82) is 0 Å². The van der Waals surface area contributed by atoms with E-state index in [4.69, 9.17) is 9.47 Å². The molecule has 2 N–H and O–H groups in total. The number of phenolic OH excluding ortho intramolecular Hbond substituents is 1. The standard InChI is InChI=1S/C20H20O6/c1-2-6-19(23)26-13-15(21)12-25-16-9-10-17(18(22)11-16)20(24)14-7-4-3-5-8-14/h2-11,15,21-22H,12-13H2,1H3/b6-2+. The van der Waals surface area contributed by atoms with Gasteiger partial charge in [-0.2, -0.15) is 0 Å². The molecule has 136 valence electrons. The highest BCUT2D eigenvalue weighted by atomic mass is 16.5. The zero-order chi connectivity index (χ0) is 18.9. The number of benzene rings is 2. The van der Waals surface area contributed by atoms with Crippen molar-refractivity contribution in [2.75, 3.05) is 13.2 Å². The molecule has 26 heavy (non-hydrogen) atoms. The van der Waals surface area contributed by atoms with E-state index in [-0.39, 0.29) is 36.1 Å². The summed E-state index contributed by atoms with van der Waals surface area (Å²) in [5, 5.41) is 19.8. The molecular formula is C20H20O6. The number of aliphatic hydroxyl groups is 1. The minimum absolute atomic E-state index is 0.130. The topological polar surface area (TPSA) is 93.1 Å².